The fourth-order valence-electron chi connectivity index (χ4n) is 3.02. The Balaban J connectivity index is 0.000000785. The molecule has 0 aliphatic carbocycles. The van der Waals surface area contributed by atoms with E-state index in [1.807, 2.05) is 0 Å². The summed E-state index contributed by atoms with van der Waals surface area (Å²) in [6.45, 7) is 7.38. The van der Waals surface area contributed by atoms with Gasteiger partial charge >= 0.3 is 5.97 Å². The van der Waals surface area contributed by atoms with E-state index >= 15 is 0 Å². The van der Waals surface area contributed by atoms with Crippen molar-refractivity contribution in [2.24, 2.45) is 5.92 Å². The molecule has 2 heterocycles. The summed E-state index contributed by atoms with van der Waals surface area (Å²) in [5.41, 5.74) is -1.35. The van der Waals surface area contributed by atoms with Gasteiger partial charge in [0.05, 0.1) is 17.3 Å². The number of hydrogen-bond acceptors (Lipinski definition) is 5. The van der Waals surface area contributed by atoms with Crippen molar-refractivity contribution in [1.29, 1.82) is 0 Å². The van der Waals surface area contributed by atoms with E-state index in [2.05, 4.69) is 20.8 Å². The highest BCUT2D eigenvalue weighted by atomic mass is 35.5. The Labute approximate surface area is 185 Å². The maximum Gasteiger partial charge on any atom is 0.341 e. The van der Waals surface area contributed by atoms with E-state index in [1.54, 1.807) is 13.2 Å². The van der Waals surface area contributed by atoms with Gasteiger partial charge in [-0.2, -0.15) is 0 Å². The molecular formula is C22H27ClFNO6. The van der Waals surface area contributed by atoms with Crippen molar-refractivity contribution in [2.75, 3.05) is 20.3 Å². The number of halogens is 2. The number of aliphatic hydroxyl groups excluding tert-OH is 1. The highest BCUT2D eigenvalue weighted by molar-refractivity contribution is 6.32. The summed E-state index contributed by atoms with van der Waals surface area (Å²) in [5.74, 6) is -1.61. The van der Waals surface area contributed by atoms with Gasteiger partial charge in [-0.1, -0.05) is 32.4 Å². The number of pyridine rings is 1. The molecule has 0 radical (unpaired) electrons. The van der Waals surface area contributed by atoms with Crippen LogP contribution in [-0.2, 0) is 11.2 Å². The minimum absolute atomic E-state index is 0.0787. The van der Waals surface area contributed by atoms with E-state index in [4.69, 9.17) is 26.2 Å². The number of methoxy groups -OCH3 is 1. The first-order chi connectivity index (χ1) is 14.6. The number of aliphatic hydroxyl groups is 1. The molecule has 1 aromatic carbocycles. The van der Waals surface area contributed by atoms with Crippen molar-refractivity contribution in [3.63, 3.8) is 0 Å². The number of benzene rings is 1. The Bertz CT molecular complexity index is 1000. The van der Waals surface area contributed by atoms with Crippen LogP contribution >= 0.6 is 11.6 Å². The van der Waals surface area contributed by atoms with Crippen LogP contribution in [0.3, 0.4) is 0 Å². The topological polar surface area (TPSA) is 98.0 Å². The maximum absolute atomic E-state index is 14.7. The van der Waals surface area contributed by atoms with E-state index in [1.165, 1.54) is 6.07 Å². The molecule has 0 fully saturated rings. The van der Waals surface area contributed by atoms with Gasteiger partial charge in [0.25, 0.3) is 0 Å². The molecule has 3 rings (SSSR count). The highest BCUT2D eigenvalue weighted by Gasteiger charge is 2.30. The van der Waals surface area contributed by atoms with Crippen LogP contribution in [0.1, 0.15) is 49.3 Å². The molecule has 2 aromatic rings. The largest absolute Gasteiger partial charge is 0.492 e. The van der Waals surface area contributed by atoms with Crippen molar-refractivity contribution in [3.8, 4) is 17.0 Å². The minimum atomic E-state index is -1.56. The van der Waals surface area contributed by atoms with Crippen LogP contribution in [0, 0.1) is 11.7 Å². The first-order valence-corrected chi connectivity index (χ1v) is 10.3. The molecule has 0 saturated carbocycles. The molecule has 1 aliphatic heterocycles. The number of carboxylic acids is 1. The monoisotopic (exact) mass is 455 g/mol. The van der Waals surface area contributed by atoms with Crippen LogP contribution in [0.25, 0.3) is 11.3 Å². The van der Waals surface area contributed by atoms with Crippen molar-refractivity contribution in [2.45, 2.75) is 39.8 Å². The fourth-order valence-corrected chi connectivity index (χ4v) is 3.24. The van der Waals surface area contributed by atoms with Gasteiger partial charge < -0.3 is 24.3 Å². The smallest absolute Gasteiger partial charge is 0.341 e. The van der Waals surface area contributed by atoms with E-state index in [0.717, 1.165) is 16.7 Å². The summed E-state index contributed by atoms with van der Waals surface area (Å²) >= 11 is 6.23. The fraction of sp³-hybridized carbons (Fsp3) is 0.455. The van der Waals surface area contributed by atoms with Crippen molar-refractivity contribution in [1.82, 2.24) is 4.57 Å². The zero-order valence-corrected chi connectivity index (χ0v) is 18.7. The Morgan fingerprint density at radius 1 is 1.32 bits per heavy atom. The third-order valence-electron chi connectivity index (χ3n) is 4.30. The summed E-state index contributed by atoms with van der Waals surface area (Å²) in [5, 5.41) is 19.6. The molecule has 2 N–H and O–H groups in total. The first kappa shape index (κ1) is 24.8. The van der Waals surface area contributed by atoms with Crippen LogP contribution < -0.4 is 10.2 Å². The number of rotatable bonds is 6. The number of hydrogen-bond donors (Lipinski definition) is 2. The molecule has 31 heavy (non-hydrogen) atoms. The van der Waals surface area contributed by atoms with Crippen LogP contribution in [-0.4, -0.2) is 41.1 Å². The minimum Gasteiger partial charge on any atom is -0.492 e. The standard InChI is InChI=1S/C18H17ClFNO6.C4H10/c1-26-3-2-4-27-13-5-9-6-14(22)21-8-11(18(24)25)17(23)15(20)16(21)10(9)7-12(13)19;1-4(2)3/h5,7-8,14,22H,2-4,6H2,1H3,(H,24,25);4H,1-3H3. The summed E-state index contributed by atoms with van der Waals surface area (Å²) in [6.07, 6.45) is 0.440. The second-order valence-corrected chi connectivity index (χ2v) is 8.21. The number of carboxylic acid groups (broad SMARTS) is 1. The third kappa shape index (κ3) is 5.84. The summed E-state index contributed by atoms with van der Waals surface area (Å²) in [7, 11) is 1.58. The predicted molar refractivity (Wildman–Crippen MR) is 116 cm³/mol. The normalized spacial score (nSPS) is 14.4. The first-order valence-electron chi connectivity index (χ1n) is 9.88. The molecule has 0 spiro atoms. The molecule has 1 aliphatic rings. The number of ether oxygens (including phenoxy) is 2. The van der Waals surface area contributed by atoms with E-state index in [-0.39, 0.29) is 17.1 Å². The van der Waals surface area contributed by atoms with Gasteiger partial charge in [-0.3, -0.25) is 4.79 Å². The molecule has 0 bridgehead atoms. The SMILES string of the molecule is CC(C)C.COCCCOc1cc2c(cc1Cl)-c1c(F)c(=O)c(C(=O)O)cn1C(O)C2. The van der Waals surface area contributed by atoms with Gasteiger partial charge in [0.15, 0.2) is 5.82 Å². The molecule has 170 valence electrons. The lowest BCUT2D eigenvalue weighted by molar-refractivity contribution is 0.0688. The van der Waals surface area contributed by atoms with Gasteiger partial charge in [-0.25, -0.2) is 9.18 Å². The summed E-state index contributed by atoms with van der Waals surface area (Å²) in [4.78, 5) is 23.2. The second-order valence-electron chi connectivity index (χ2n) is 7.80. The van der Waals surface area contributed by atoms with Gasteiger partial charge in [-0.05, 0) is 23.6 Å². The Morgan fingerprint density at radius 3 is 2.55 bits per heavy atom. The average Bonchev–Trinajstić information content (AvgIpc) is 2.68. The predicted octanol–water partition coefficient (Wildman–Crippen LogP) is 4.13. The molecule has 0 saturated heterocycles. The number of aromatic nitrogens is 1. The van der Waals surface area contributed by atoms with Gasteiger partial charge in [0, 0.05) is 38.3 Å². The molecule has 9 heteroatoms. The van der Waals surface area contributed by atoms with Crippen LogP contribution in [0.15, 0.2) is 23.1 Å². The average molecular weight is 456 g/mol. The van der Waals surface area contributed by atoms with Crippen molar-refractivity contribution >= 4 is 17.6 Å². The lowest BCUT2D eigenvalue weighted by Crippen LogP contribution is -2.28. The molecule has 1 aromatic heterocycles. The zero-order chi connectivity index (χ0) is 23.3. The van der Waals surface area contributed by atoms with Crippen LogP contribution in [0.4, 0.5) is 4.39 Å². The lowest BCUT2D eigenvalue weighted by Gasteiger charge is -2.28. The third-order valence-corrected chi connectivity index (χ3v) is 4.59. The number of fused-ring (bicyclic) bond motifs is 3. The number of aromatic carboxylic acids is 1. The zero-order valence-electron chi connectivity index (χ0n) is 17.9. The Hall–Kier alpha value is -2.42. The van der Waals surface area contributed by atoms with E-state index in [0.29, 0.717) is 36.5 Å². The summed E-state index contributed by atoms with van der Waals surface area (Å²) < 4.78 is 26.3. The van der Waals surface area contributed by atoms with E-state index in [9.17, 15) is 19.1 Å². The van der Waals surface area contributed by atoms with Gasteiger partial charge in [0.1, 0.15) is 17.5 Å². The maximum atomic E-state index is 14.7. The lowest BCUT2D eigenvalue weighted by atomic mass is 9.95. The quantitative estimate of drug-likeness (QED) is 0.635. The van der Waals surface area contributed by atoms with E-state index < -0.39 is 29.0 Å². The number of carbonyl (C=O) groups is 1. The molecule has 1 unspecified atom stereocenters. The molecule has 1 atom stereocenters. The molecule has 0 amide bonds. The highest BCUT2D eigenvalue weighted by Crippen LogP contribution is 2.40. The van der Waals surface area contributed by atoms with Gasteiger partial charge in [0.2, 0.25) is 5.43 Å². The van der Waals surface area contributed by atoms with Crippen molar-refractivity contribution < 1.29 is 28.9 Å². The van der Waals surface area contributed by atoms with Crippen molar-refractivity contribution in [3.05, 3.63) is 50.5 Å². The van der Waals surface area contributed by atoms with Crippen LogP contribution in [0.2, 0.25) is 5.02 Å². The molecular weight excluding hydrogens is 429 g/mol. The molecule has 7 nitrogen and oxygen atoms in total. The van der Waals surface area contributed by atoms with Gasteiger partial charge in [-0.15, -0.1) is 0 Å². The van der Waals surface area contributed by atoms with Crippen LogP contribution in [0.5, 0.6) is 5.75 Å². The summed E-state index contributed by atoms with van der Waals surface area (Å²) in [6, 6.07) is 3.04. The number of nitrogens with zero attached hydrogens (tertiary/aromatic N) is 1. The Kier molecular flexibility index (Phi) is 8.61. The Morgan fingerprint density at radius 2 is 1.97 bits per heavy atom. The second kappa shape index (κ2) is 10.7.